The van der Waals surface area contributed by atoms with E-state index in [1.807, 2.05) is 0 Å². The van der Waals surface area contributed by atoms with Crippen LogP contribution in [0.5, 0.6) is 0 Å². The number of rotatable bonds is 0. The van der Waals surface area contributed by atoms with E-state index in [4.69, 9.17) is 5.26 Å². The van der Waals surface area contributed by atoms with Gasteiger partial charge in [0.15, 0.2) is 0 Å². The van der Waals surface area contributed by atoms with E-state index in [0.717, 1.165) is 0 Å². The second-order valence-electron chi connectivity index (χ2n) is 2.80. The summed E-state index contributed by atoms with van der Waals surface area (Å²) in [5.41, 5.74) is 1.35. The zero-order valence-corrected chi connectivity index (χ0v) is 7.57. The molecular formula is C12H11N. The maximum Gasteiger partial charge on any atom is 0.0462 e. The third-order valence-corrected chi connectivity index (χ3v) is 2.01. The molecule has 0 fully saturated rings. The average molecular weight is 169 g/mol. The molecule has 0 amide bonds. The zero-order chi connectivity index (χ0) is 9.68. The molecule has 2 rings (SSSR count). The molecule has 0 aromatic heterocycles. The number of nitrogens with zero attached hydrogens (tertiary/aromatic N) is 1. The molecule has 13 heavy (non-hydrogen) atoms. The second kappa shape index (κ2) is 4.27. The van der Waals surface area contributed by atoms with Crippen molar-refractivity contribution in [2.45, 2.75) is 6.92 Å². The van der Waals surface area contributed by atoms with E-state index < -0.39 is 0 Å². The third-order valence-electron chi connectivity index (χ3n) is 2.01. The summed E-state index contributed by atoms with van der Waals surface area (Å²) < 4.78 is 0. The lowest BCUT2D eigenvalue weighted by molar-refractivity contribution is 1.53. The van der Waals surface area contributed by atoms with Crippen molar-refractivity contribution in [3.8, 4) is 6.57 Å². The SMILES string of the molecule is C#N.Cc1cccc2ccccc12. The minimum Gasteiger partial charge on any atom is -0.202 e. The van der Waals surface area contributed by atoms with E-state index in [-0.39, 0.29) is 0 Å². The molecule has 64 valence electrons. The van der Waals surface area contributed by atoms with Gasteiger partial charge in [-0.2, -0.15) is 0 Å². The Morgan fingerprint density at radius 2 is 1.54 bits per heavy atom. The van der Waals surface area contributed by atoms with Crippen molar-refractivity contribution in [2.75, 3.05) is 0 Å². The highest BCUT2D eigenvalue weighted by Crippen LogP contribution is 2.16. The molecule has 0 aliphatic carbocycles. The van der Waals surface area contributed by atoms with Gasteiger partial charge in [-0.25, -0.2) is 5.26 Å². The Bertz CT molecular complexity index is 410. The third kappa shape index (κ3) is 1.86. The fraction of sp³-hybridized carbons (Fsp3) is 0.0833. The Balaban J connectivity index is 0.000000396. The quantitative estimate of drug-likeness (QED) is 0.593. The summed E-state index contributed by atoms with van der Waals surface area (Å²) in [5, 5.41) is 9.18. The number of hydrogen-bond donors (Lipinski definition) is 0. The monoisotopic (exact) mass is 169 g/mol. The highest BCUT2D eigenvalue weighted by atomic mass is 14.2. The van der Waals surface area contributed by atoms with Crippen LogP contribution in [-0.2, 0) is 0 Å². The first-order chi connectivity index (χ1) is 6.38. The Morgan fingerprint density at radius 3 is 2.23 bits per heavy atom. The second-order valence-corrected chi connectivity index (χ2v) is 2.80. The molecule has 0 saturated heterocycles. The smallest absolute Gasteiger partial charge is 0.0462 e. The maximum atomic E-state index is 6.50. The summed E-state index contributed by atoms with van der Waals surface area (Å²) in [4.78, 5) is 0. The van der Waals surface area contributed by atoms with Crippen LogP contribution in [0.1, 0.15) is 5.56 Å². The minimum absolute atomic E-state index is 1.33. The molecular weight excluding hydrogens is 158 g/mol. The molecule has 0 atom stereocenters. The standard InChI is InChI=1S/C11H10.CHN/c1-9-5-4-7-10-6-2-3-8-11(9)10;1-2/h2-8H,1H3;1H. The highest BCUT2D eigenvalue weighted by Gasteiger charge is 1.91. The lowest BCUT2D eigenvalue weighted by Gasteiger charge is -1.98. The molecule has 0 unspecified atom stereocenters. The van der Waals surface area contributed by atoms with Gasteiger partial charge in [0.05, 0.1) is 0 Å². The summed E-state index contributed by atoms with van der Waals surface area (Å²) in [6.07, 6.45) is 0. The van der Waals surface area contributed by atoms with Crippen molar-refractivity contribution in [2.24, 2.45) is 0 Å². The first-order valence-corrected chi connectivity index (χ1v) is 4.08. The van der Waals surface area contributed by atoms with Crippen LogP contribution in [0.25, 0.3) is 10.8 Å². The zero-order valence-electron chi connectivity index (χ0n) is 7.57. The number of benzene rings is 2. The molecule has 0 aliphatic rings. The Kier molecular flexibility index (Phi) is 3.05. The van der Waals surface area contributed by atoms with Gasteiger partial charge in [0.2, 0.25) is 0 Å². The predicted molar refractivity (Wildman–Crippen MR) is 55.4 cm³/mol. The lowest BCUT2D eigenvalue weighted by Crippen LogP contribution is -1.75. The fourth-order valence-electron chi connectivity index (χ4n) is 1.39. The molecule has 0 saturated carbocycles. The van der Waals surface area contributed by atoms with Gasteiger partial charge in [-0.1, -0.05) is 42.5 Å². The van der Waals surface area contributed by atoms with Gasteiger partial charge in [0.1, 0.15) is 0 Å². The van der Waals surface area contributed by atoms with Gasteiger partial charge in [-0.3, -0.25) is 0 Å². The van der Waals surface area contributed by atoms with E-state index >= 15 is 0 Å². The Hall–Kier alpha value is -1.81. The van der Waals surface area contributed by atoms with Crippen LogP contribution in [0, 0.1) is 18.8 Å². The van der Waals surface area contributed by atoms with Crippen molar-refractivity contribution >= 4 is 10.8 Å². The van der Waals surface area contributed by atoms with Gasteiger partial charge in [0, 0.05) is 6.57 Å². The normalized spacial score (nSPS) is 8.85. The average Bonchev–Trinajstić information content (AvgIpc) is 2.22. The molecule has 2 aromatic carbocycles. The summed E-state index contributed by atoms with van der Waals surface area (Å²) in [7, 11) is 0. The van der Waals surface area contributed by atoms with Crippen molar-refractivity contribution in [3.63, 3.8) is 0 Å². The van der Waals surface area contributed by atoms with Gasteiger partial charge < -0.3 is 0 Å². The van der Waals surface area contributed by atoms with Crippen LogP contribution in [-0.4, -0.2) is 0 Å². The van der Waals surface area contributed by atoms with Crippen LogP contribution in [0.4, 0.5) is 0 Å². The van der Waals surface area contributed by atoms with Crippen molar-refractivity contribution < 1.29 is 0 Å². The summed E-state index contributed by atoms with van der Waals surface area (Å²) in [5.74, 6) is 0. The van der Waals surface area contributed by atoms with E-state index in [2.05, 4.69) is 56.0 Å². The molecule has 0 bridgehead atoms. The lowest BCUT2D eigenvalue weighted by atomic mass is 10.1. The fourth-order valence-corrected chi connectivity index (χ4v) is 1.39. The summed E-state index contributed by atoms with van der Waals surface area (Å²) >= 11 is 0. The summed E-state index contributed by atoms with van der Waals surface area (Å²) in [6.45, 7) is 5.64. The van der Waals surface area contributed by atoms with Crippen molar-refractivity contribution in [1.29, 1.82) is 5.26 Å². The van der Waals surface area contributed by atoms with E-state index in [0.29, 0.717) is 0 Å². The number of aryl methyl sites for hydroxylation is 1. The first-order valence-electron chi connectivity index (χ1n) is 4.08. The maximum absolute atomic E-state index is 6.50. The highest BCUT2D eigenvalue weighted by molar-refractivity contribution is 5.85. The topological polar surface area (TPSA) is 23.8 Å². The van der Waals surface area contributed by atoms with Gasteiger partial charge in [-0.15, -0.1) is 0 Å². The van der Waals surface area contributed by atoms with E-state index in [9.17, 15) is 0 Å². The van der Waals surface area contributed by atoms with Gasteiger partial charge in [-0.05, 0) is 23.3 Å². The van der Waals surface area contributed by atoms with Crippen molar-refractivity contribution in [3.05, 3.63) is 48.0 Å². The number of fused-ring (bicyclic) bond motifs is 1. The largest absolute Gasteiger partial charge is 0.202 e. The van der Waals surface area contributed by atoms with E-state index in [1.54, 1.807) is 0 Å². The van der Waals surface area contributed by atoms with Crippen LogP contribution < -0.4 is 0 Å². The number of nitriles is 1. The van der Waals surface area contributed by atoms with E-state index in [1.165, 1.54) is 16.3 Å². The minimum atomic E-state index is 1.33. The molecule has 0 heterocycles. The molecule has 1 nitrogen and oxygen atoms in total. The molecule has 0 aliphatic heterocycles. The van der Waals surface area contributed by atoms with Crippen molar-refractivity contribution in [1.82, 2.24) is 0 Å². The molecule has 2 aromatic rings. The Labute approximate surface area is 78.2 Å². The van der Waals surface area contributed by atoms with Gasteiger partial charge in [0.25, 0.3) is 0 Å². The van der Waals surface area contributed by atoms with Gasteiger partial charge >= 0.3 is 0 Å². The Morgan fingerprint density at radius 1 is 0.923 bits per heavy atom. The first kappa shape index (κ1) is 9.28. The molecule has 1 heteroatoms. The van der Waals surface area contributed by atoms with Crippen LogP contribution >= 0.6 is 0 Å². The van der Waals surface area contributed by atoms with Crippen LogP contribution in [0.3, 0.4) is 0 Å². The number of hydrogen-bond acceptors (Lipinski definition) is 1. The summed E-state index contributed by atoms with van der Waals surface area (Å²) in [6, 6.07) is 14.8. The molecule has 0 spiro atoms. The van der Waals surface area contributed by atoms with Crippen LogP contribution in [0.15, 0.2) is 42.5 Å². The molecule has 0 N–H and O–H groups in total. The predicted octanol–water partition coefficient (Wildman–Crippen LogP) is 3.29. The molecule has 0 radical (unpaired) electrons. The van der Waals surface area contributed by atoms with Crippen LogP contribution in [0.2, 0.25) is 0 Å².